The molecule has 0 aliphatic heterocycles. The number of aryl methyl sites for hydroxylation is 1. The number of amides is 1. The zero-order chi connectivity index (χ0) is 16.7. The van der Waals surface area contributed by atoms with Gasteiger partial charge in [0.15, 0.2) is 0 Å². The normalized spacial score (nSPS) is 16.7. The van der Waals surface area contributed by atoms with Crippen LogP contribution in [0.1, 0.15) is 50.5 Å². The van der Waals surface area contributed by atoms with Crippen LogP contribution < -0.4 is 5.32 Å². The van der Waals surface area contributed by atoms with Gasteiger partial charge in [0.2, 0.25) is 5.91 Å². The van der Waals surface area contributed by atoms with Gasteiger partial charge in [-0.3, -0.25) is 9.48 Å². The van der Waals surface area contributed by atoms with Crippen molar-refractivity contribution < 1.29 is 4.79 Å². The van der Waals surface area contributed by atoms with E-state index < -0.39 is 0 Å². The number of nitrogens with zero attached hydrogens (tertiary/aromatic N) is 3. The standard InChI is InChI=1S/C19H26N4O/c24-18(10-7-13-23-16-20-15-22-23)21-14-19(11-5-2-6-12-19)17-8-3-1-4-9-17/h1,3-4,8-9,15-16H,2,5-7,10-14H2,(H,21,24). The van der Waals surface area contributed by atoms with Gasteiger partial charge in [0.25, 0.3) is 0 Å². The summed E-state index contributed by atoms with van der Waals surface area (Å²) in [6.07, 6.45) is 10.6. The molecule has 5 nitrogen and oxygen atoms in total. The van der Waals surface area contributed by atoms with Gasteiger partial charge in [0.05, 0.1) is 0 Å². The Morgan fingerprint density at radius 2 is 1.96 bits per heavy atom. The highest BCUT2D eigenvalue weighted by Crippen LogP contribution is 2.38. The predicted octanol–water partition coefficient (Wildman–Crippen LogP) is 3.08. The quantitative estimate of drug-likeness (QED) is 0.850. The average molecular weight is 326 g/mol. The minimum atomic E-state index is 0.112. The molecule has 1 fully saturated rings. The molecule has 0 radical (unpaired) electrons. The molecule has 1 aliphatic carbocycles. The van der Waals surface area contributed by atoms with Crippen molar-refractivity contribution in [2.24, 2.45) is 0 Å². The van der Waals surface area contributed by atoms with E-state index in [2.05, 4.69) is 45.7 Å². The van der Waals surface area contributed by atoms with Crippen LogP contribution in [-0.2, 0) is 16.8 Å². The Labute approximate surface area is 143 Å². The van der Waals surface area contributed by atoms with Gasteiger partial charge in [-0.15, -0.1) is 0 Å². The number of rotatable bonds is 7. The predicted molar refractivity (Wildman–Crippen MR) is 93.5 cm³/mol. The maximum Gasteiger partial charge on any atom is 0.220 e. The van der Waals surface area contributed by atoms with Crippen LogP contribution in [0.15, 0.2) is 43.0 Å². The molecule has 1 N–H and O–H groups in total. The zero-order valence-corrected chi connectivity index (χ0v) is 14.2. The van der Waals surface area contributed by atoms with Crippen LogP contribution in [0, 0.1) is 0 Å². The first-order chi connectivity index (χ1) is 11.8. The van der Waals surface area contributed by atoms with Crippen molar-refractivity contribution in [1.82, 2.24) is 20.1 Å². The fraction of sp³-hybridized carbons (Fsp3) is 0.526. The third kappa shape index (κ3) is 4.22. The summed E-state index contributed by atoms with van der Waals surface area (Å²) in [5.74, 6) is 0.135. The van der Waals surface area contributed by atoms with Crippen LogP contribution in [0.25, 0.3) is 0 Å². The van der Waals surface area contributed by atoms with Gasteiger partial charge in [-0.1, -0.05) is 49.6 Å². The van der Waals surface area contributed by atoms with Crippen molar-refractivity contribution in [2.75, 3.05) is 6.54 Å². The van der Waals surface area contributed by atoms with E-state index >= 15 is 0 Å². The molecule has 1 aliphatic rings. The molecule has 0 unspecified atom stereocenters. The van der Waals surface area contributed by atoms with E-state index in [4.69, 9.17) is 0 Å². The molecule has 0 atom stereocenters. The molecule has 0 spiro atoms. The summed E-state index contributed by atoms with van der Waals surface area (Å²) in [4.78, 5) is 16.1. The second-order valence-electron chi connectivity index (χ2n) is 6.75. The van der Waals surface area contributed by atoms with Crippen LogP contribution in [0.5, 0.6) is 0 Å². The van der Waals surface area contributed by atoms with E-state index in [-0.39, 0.29) is 11.3 Å². The molecule has 1 heterocycles. The number of carbonyl (C=O) groups is 1. The van der Waals surface area contributed by atoms with E-state index in [1.807, 2.05) is 0 Å². The fourth-order valence-electron chi connectivity index (χ4n) is 3.69. The number of benzene rings is 1. The lowest BCUT2D eigenvalue weighted by atomic mass is 9.69. The Morgan fingerprint density at radius 3 is 2.67 bits per heavy atom. The van der Waals surface area contributed by atoms with E-state index in [0.29, 0.717) is 6.42 Å². The van der Waals surface area contributed by atoms with Crippen molar-refractivity contribution in [3.05, 3.63) is 48.5 Å². The summed E-state index contributed by atoms with van der Waals surface area (Å²) in [6, 6.07) is 10.7. The lowest BCUT2D eigenvalue weighted by molar-refractivity contribution is -0.121. The number of aromatic nitrogens is 3. The molecule has 5 heteroatoms. The highest BCUT2D eigenvalue weighted by molar-refractivity contribution is 5.76. The Kier molecular flexibility index (Phi) is 5.62. The maximum absolute atomic E-state index is 12.2. The number of nitrogens with one attached hydrogen (secondary N) is 1. The van der Waals surface area contributed by atoms with Gasteiger partial charge in [-0.25, -0.2) is 4.98 Å². The lowest BCUT2D eigenvalue weighted by Crippen LogP contribution is -2.42. The van der Waals surface area contributed by atoms with Crippen LogP contribution >= 0.6 is 0 Å². The van der Waals surface area contributed by atoms with E-state index in [0.717, 1.165) is 32.4 Å². The molecular weight excluding hydrogens is 300 g/mol. The van der Waals surface area contributed by atoms with Gasteiger partial charge < -0.3 is 5.32 Å². The highest BCUT2D eigenvalue weighted by atomic mass is 16.1. The van der Waals surface area contributed by atoms with Crippen LogP contribution in [0.3, 0.4) is 0 Å². The third-order valence-electron chi connectivity index (χ3n) is 5.08. The molecule has 1 aromatic heterocycles. The molecular formula is C19H26N4O. The summed E-state index contributed by atoms with van der Waals surface area (Å²) in [7, 11) is 0. The molecule has 1 aromatic carbocycles. The molecule has 2 aromatic rings. The Hall–Kier alpha value is -2.17. The van der Waals surface area contributed by atoms with Crippen LogP contribution in [0.2, 0.25) is 0 Å². The Bertz CT molecular complexity index is 618. The van der Waals surface area contributed by atoms with Gasteiger partial charge in [-0.05, 0) is 24.8 Å². The summed E-state index contributed by atoms with van der Waals surface area (Å²) >= 11 is 0. The molecule has 0 saturated heterocycles. The summed E-state index contributed by atoms with van der Waals surface area (Å²) in [6.45, 7) is 1.48. The molecule has 1 amide bonds. The van der Waals surface area contributed by atoms with Crippen LogP contribution in [-0.4, -0.2) is 27.2 Å². The molecule has 128 valence electrons. The summed E-state index contributed by atoms with van der Waals surface area (Å²) in [5.41, 5.74) is 1.48. The van der Waals surface area contributed by atoms with E-state index in [1.165, 1.54) is 31.2 Å². The first-order valence-electron chi connectivity index (χ1n) is 8.93. The number of hydrogen-bond donors (Lipinski definition) is 1. The second-order valence-corrected chi connectivity index (χ2v) is 6.75. The van der Waals surface area contributed by atoms with E-state index in [9.17, 15) is 4.79 Å². The SMILES string of the molecule is O=C(CCCn1cncn1)NCC1(c2ccccc2)CCCCC1. The first-order valence-corrected chi connectivity index (χ1v) is 8.93. The monoisotopic (exact) mass is 326 g/mol. The molecule has 0 bridgehead atoms. The first kappa shape index (κ1) is 16.7. The second kappa shape index (κ2) is 8.08. The largest absolute Gasteiger partial charge is 0.355 e. The molecule has 3 rings (SSSR count). The van der Waals surface area contributed by atoms with Gasteiger partial charge in [-0.2, -0.15) is 5.10 Å². The van der Waals surface area contributed by atoms with Crippen molar-refractivity contribution in [3.8, 4) is 0 Å². The number of carbonyl (C=O) groups excluding carboxylic acids is 1. The summed E-state index contributed by atoms with van der Waals surface area (Å²) < 4.78 is 1.76. The van der Waals surface area contributed by atoms with Gasteiger partial charge in [0, 0.05) is 24.9 Å². The number of hydrogen-bond acceptors (Lipinski definition) is 3. The van der Waals surface area contributed by atoms with Crippen molar-refractivity contribution in [2.45, 2.75) is 56.9 Å². The minimum Gasteiger partial charge on any atom is -0.355 e. The van der Waals surface area contributed by atoms with Crippen LogP contribution in [0.4, 0.5) is 0 Å². The maximum atomic E-state index is 12.2. The third-order valence-corrected chi connectivity index (χ3v) is 5.08. The van der Waals surface area contributed by atoms with Crippen molar-refractivity contribution in [3.63, 3.8) is 0 Å². The van der Waals surface area contributed by atoms with Gasteiger partial charge in [0.1, 0.15) is 12.7 Å². The van der Waals surface area contributed by atoms with Crippen molar-refractivity contribution in [1.29, 1.82) is 0 Å². The van der Waals surface area contributed by atoms with Gasteiger partial charge >= 0.3 is 0 Å². The zero-order valence-electron chi connectivity index (χ0n) is 14.2. The fourth-order valence-corrected chi connectivity index (χ4v) is 3.69. The molecule has 24 heavy (non-hydrogen) atoms. The summed E-state index contributed by atoms with van der Waals surface area (Å²) in [5, 5.41) is 7.24. The molecule has 1 saturated carbocycles. The minimum absolute atomic E-state index is 0.112. The topological polar surface area (TPSA) is 59.8 Å². The van der Waals surface area contributed by atoms with Crippen molar-refractivity contribution >= 4 is 5.91 Å². The average Bonchev–Trinajstić information content (AvgIpc) is 3.15. The smallest absolute Gasteiger partial charge is 0.220 e. The Balaban J connectivity index is 1.52. The van der Waals surface area contributed by atoms with E-state index in [1.54, 1.807) is 11.0 Å². The lowest BCUT2D eigenvalue weighted by Gasteiger charge is -2.38. The Morgan fingerprint density at radius 1 is 1.17 bits per heavy atom. The highest BCUT2D eigenvalue weighted by Gasteiger charge is 2.33.